The maximum atomic E-state index is 11.8. The van der Waals surface area contributed by atoms with E-state index in [1.54, 1.807) is 11.3 Å². The average Bonchev–Trinajstić information content (AvgIpc) is 2.74. The standard InChI is InChI=1S/C12H16ClNOS/c13-10-5-1-2-6-11(10)14-12(15)8-9-4-3-7-16-9/h3-4,7,10-11H,1-2,5-6,8H2,(H,14,15). The van der Waals surface area contributed by atoms with Crippen molar-refractivity contribution >= 4 is 28.8 Å². The number of hydrogen-bond donors (Lipinski definition) is 1. The Morgan fingerprint density at radius 2 is 2.31 bits per heavy atom. The van der Waals surface area contributed by atoms with Crippen molar-refractivity contribution in [3.63, 3.8) is 0 Å². The highest BCUT2D eigenvalue weighted by Gasteiger charge is 2.24. The summed E-state index contributed by atoms with van der Waals surface area (Å²) in [6, 6.07) is 4.13. The molecule has 2 unspecified atom stereocenters. The van der Waals surface area contributed by atoms with Gasteiger partial charge in [0.2, 0.25) is 5.91 Å². The maximum absolute atomic E-state index is 11.8. The largest absolute Gasteiger partial charge is 0.352 e. The molecular weight excluding hydrogens is 242 g/mol. The van der Waals surface area contributed by atoms with Crippen LogP contribution in [0, 0.1) is 0 Å². The van der Waals surface area contributed by atoms with E-state index in [0.717, 1.165) is 17.7 Å². The van der Waals surface area contributed by atoms with Crippen molar-refractivity contribution in [2.24, 2.45) is 0 Å². The Hall–Kier alpha value is -0.540. The van der Waals surface area contributed by atoms with Gasteiger partial charge < -0.3 is 5.32 Å². The monoisotopic (exact) mass is 257 g/mol. The molecule has 4 heteroatoms. The molecule has 0 radical (unpaired) electrons. The van der Waals surface area contributed by atoms with Gasteiger partial charge in [-0.1, -0.05) is 18.9 Å². The third kappa shape index (κ3) is 3.22. The van der Waals surface area contributed by atoms with Crippen molar-refractivity contribution in [1.82, 2.24) is 5.32 Å². The molecule has 0 bridgehead atoms. The summed E-state index contributed by atoms with van der Waals surface area (Å²) in [5, 5.41) is 5.15. The number of hydrogen-bond acceptors (Lipinski definition) is 2. The fourth-order valence-corrected chi connectivity index (χ4v) is 3.12. The number of carbonyl (C=O) groups is 1. The minimum absolute atomic E-state index is 0.0972. The van der Waals surface area contributed by atoms with E-state index < -0.39 is 0 Å². The summed E-state index contributed by atoms with van der Waals surface area (Å²) >= 11 is 7.82. The fraction of sp³-hybridized carbons (Fsp3) is 0.583. The number of rotatable bonds is 3. The van der Waals surface area contributed by atoms with Crippen LogP contribution >= 0.6 is 22.9 Å². The van der Waals surface area contributed by atoms with E-state index in [0.29, 0.717) is 6.42 Å². The van der Waals surface area contributed by atoms with E-state index in [9.17, 15) is 4.79 Å². The van der Waals surface area contributed by atoms with Gasteiger partial charge in [0, 0.05) is 10.9 Å². The Balaban J connectivity index is 1.82. The number of thiophene rings is 1. The molecule has 0 saturated heterocycles. The molecule has 2 nitrogen and oxygen atoms in total. The van der Waals surface area contributed by atoms with Gasteiger partial charge in [0.15, 0.2) is 0 Å². The number of amides is 1. The fourth-order valence-electron chi connectivity index (χ4n) is 2.08. The molecule has 88 valence electrons. The van der Waals surface area contributed by atoms with Crippen LogP contribution in [0.4, 0.5) is 0 Å². The summed E-state index contributed by atoms with van der Waals surface area (Å²) in [6.45, 7) is 0. The highest BCUT2D eigenvalue weighted by molar-refractivity contribution is 7.10. The second kappa shape index (κ2) is 5.69. The summed E-state index contributed by atoms with van der Waals surface area (Å²) in [6.07, 6.45) is 4.88. The van der Waals surface area contributed by atoms with Gasteiger partial charge in [-0.3, -0.25) is 4.79 Å². The Bertz CT molecular complexity index is 339. The van der Waals surface area contributed by atoms with Gasteiger partial charge >= 0.3 is 0 Å². The molecule has 1 heterocycles. The minimum atomic E-state index is 0.0972. The molecule has 1 fully saturated rings. The van der Waals surface area contributed by atoms with Gasteiger partial charge in [-0.05, 0) is 24.3 Å². The van der Waals surface area contributed by atoms with Crippen LogP contribution in [0.3, 0.4) is 0 Å². The van der Waals surface area contributed by atoms with Gasteiger partial charge in [0.05, 0.1) is 11.8 Å². The lowest BCUT2D eigenvalue weighted by atomic mass is 9.95. The topological polar surface area (TPSA) is 29.1 Å². The third-order valence-corrected chi connectivity index (χ3v) is 4.34. The molecule has 1 amide bonds. The molecule has 1 aromatic rings. The highest BCUT2D eigenvalue weighted by atomic mass is 35.5. The van der Waals surface area contributed by atoms with E-state index in [2.05, 4.69) is 5.32 Å². The number of carbonyl (C=O) groups excluding carboxylic acids is 1. The van der Waals surface area contributed by atoms with Gasteiger partial charge in [-0.2, -0.15) is 0 Å². The van der Waals surface area contributed by atoms with Crippen LogP contribution in [0.2, 0.25) is 0 Å². The van der Waals surface area contributed by atoms with Crippen molar-refractivity contribution in [1.29, 1.82) is 0 Å². The smallest absolute Gasteiger partial charge is 0.225 e. The zero-order valence-corrected chi connectivity index (χ0v) is 10.7. The SMILES string of the molecule is O=C(Cc1cccs1)NC1CCCCC1Cl. The van der Waals surface area contributed by atoms with E-state index in [1.807, 2.05) is 17.5 Å². The summed E-state index contributed by atoms with van der Waals surface area (Å²) in [7, 11) is 0. The molecule has 2 atom stereocenters. The average molecular weight is 258 g/mol. The first-order valence-electron chi connectivity index (χ1n) is 5.71. The third-order valence-electron chi connectivity index (χ3n) is 2.94. The van der Waals surface area contributed by atoms with E-state index in [-0.39, 0.29) is 17.3 Å². The first kappa shape index (κ1) is 11.9. The molecule has 1 saturated carbocycles. The summed E-state index contributed by atoms with van der Waals surface area (Å²) in [5.74, 6) is 0.0972. The predicted molar refractivity (Wildman–Crippen MR) is 68.1 cm³/mol. The van der Waals surface area contributed by atoms with Crippen molar-refractivity contribution < 1.29 is 4.79 Å². The van der Waals surface area contributed by atoms with Crippen molar-refractivity contribution in [2.75, 3.05) is 0 Å². The van der Waals surface area contributed by atoms with E-state index in [1.165, 1.54) is 12.8 Å². The van der Waals surface area contributed by atoms with Crippen molar-refractivity contribution in [2.45, 2.75) is 43.5 Å². The Morgan fingerprint density at radius 3 is 3.00 bits per heavy atom. The van der Waals surface area contributed by atoms with Crippen LogP contribution in [0.1, 0.15) is 30.6 Å². The van der Waals surface area contributed by atoms with Gasteiger partial charge in [0.1, 0.15) is 0 Å². The van der Waals surface area contributed by atoms with Crippen LogP contribution in [0.25, 0.3) is 0 Å². The minimum Gasteiger partial charge on any atom is -0.352 e. The van der Waals surface area contributed by atoms with Gasteiger partial charge in [-0.25, -0.2) is 0 Å². The van der Waals surface area contributed by atoms with Gasteiger partial charge in [-0.15, -0.1) is 22.9 Å². The second-order valence-corrected chi connectivity index (χ2v) is 5.82. The molecule has 1 aliphatic carbocycles. The maximum Gasteiger partial charge on any atom is 0.225 e. The first-order valence-corrected chi connectivity index (χ1v) is 7.03. The second-order valence-electron chi connectivity index (χ2n) is 4.23. The van der Waals surface area contributed by atoms with Crippen LogP contribution in [-0.2, 0) is 11.2 Å². The van der Waals surface area contributed by atoms with Crippen LogP contribution in [-0.4, -0.2) is 17.3 Å². The number of halogens is 1. The molecule has 1 aliphatic rings. The molecule has 1 N–H and O–H groups in total. The van der Waals surface area contributed by atoms with Crippen molar-refractivity contribution in [3.8, 4) is 0 Å². The molecule has 0 spiro atoms. The van der Waals surface area contributed by atoms with Crippen LogP contribution in [0.15, 0.2) is 17.5 Å². The summed E-state index contributed by atoms with van der Waals surface area (Å²) < 4.78 is 0. The summed E-state index contributed by atoms with van der Waals surface area (Å²) in [4.78, 5) is 12.9. The lowest BCUT2D eigenvalue weighted by Gasteiger charge is -2.27. The number of nitrogens with one attached hydrogen (secondary N) is 1. The molecular formula is C12H16ClNOS. The Morgan fingerprint density at radius 1 is 1.50 bits per heavy atom. The van der Waals surface area contributed by atoms with E-state index in [4.69, 9.17) is 11.6 Å². The zero-order valence-electron chi connectivity index (χ0n) is 9.12. The lowest BCUT2D eigenvalue weighted by molar-refractivity contribution is -0.121. The Kier molecular flexibility index (Phi) is 4.24. The number of alkyl halides is 1. The van der Waals surface area contributed by atoms with E-state index >= 15 is 0 Å². The highest BCUT2D eigenvalue weighted by Crippen LogP contribution is 2.23. The lowest BCUT2D eigenvalue weighted by Crippen LogP contribution is -2.43. The van der Waals surface area contributed by atoms with Gasteiger partial charge in [0.25, 0.3) is 0 Å². The molecule has 16 heavy (non-hydrogen) atoms. The normalized spacial score (nSPS) is 25.3. The van der Waals surface area contributed by atoms with Crippen LogP contribution < -0.4 is 5.32 Å². The van der Waals surface area contributed by atoms with Crippen LogP contribution in [0.5, 0.6) is 0 Å². The molecule has 2 rings (SSSR count). The Labute approximate surface area is 105 Å². The van der Waals surface area contributed by atoms with Crippen molar-refractivity contribution in [3.05, 3.63) is 22.4 Å². The molecule has 0 aliphatic heterocycles. The quantitative estimate of drug-likeness (QED) is 0.829. The molecule has 0 aromatic carbocycles. The first-order chi connectivity index (χ1) is 7.75. The molecule has 1 aromatic heterocycles. The predicted octanol–water partition coefficient (Wildman–Crippen LogP) is 2.96. The zero-order chi connectivity index (χ0) is 11.4. The summed E-state index contributed by atoms with van der Waals surface area (Å²) in [5.41, 5.74) is 0.